The van der Waals surface area contributed by atoms with Gasteiger partial charge in [-0.2, -0.15) is 0 Å². The molecule has 2 aromatic rings. The predicted molar refractivity (Wildman–Crippen MR) is 120 cm³/mol. The topological polar surface area (TPSA) is 103 Å². The van der Waals surface area contributed by atoms with E-state index >= 15 is 0 Å². The number of piperidine rings is 1. The number of nitrogens with one attached hydrogen (secondary N) is 3. The summed E-state index contributed by atoms with van der Waals surface area (Å²) in [6.07, 6.45) is 1.47. The summed E-state index contributed by atoms with van der Waals surface area (Å²) in [5.74, 6) is -0.0551. The van der Waals surface area contributed by atoms with E-state index < -0.39 is 0 Å². The minimum Gasteiger partial charge on any atom is -0.338 e. The Morgan fingerprint density at radius 2 is 1.87 bits per heavy atom. The molecular formula is C23H29N5O3. The molecule has 0 aliphatic carbocycles. The quantitative estimate of drug-likeness (QED) is 0.686. The van der Waals surface area contributed by atoms with Crippen LogP contribution < -0.4 is 16.0 Å². The molecule has 1 fully saturated rings. The Bertz CT molecular complexity index is 960. The number of benzene rings is 1. The summed E-state index contributed by atoms with van der Waals surface area (Å²) in [6, 6.07) is 12.0. The van der Waals surface area contributed by atoms with E-state index in [0.29, 0.717) is 30.2 Å². The van der Waals surface area contributed by atoms with E-state index in [-0.39, 0.29) is 29.8 Å². The summed E-state index contributed by atoms with van der Waals surface area (Å²) in [5, 5.41) is 8.34. The van der Waals surface area contributed by atoms with Crippen LogP contribution in [0.4, 0.5) is 16.3 Å². The smallest absolute Gasteiger partial charge is 0.319 e. The molecule has 8 heteroatoms. The second-order valence-electron chi connectivity index (χ2n) is 8.08. The number of nitrogens with zero attached hydrogens (tertiary/aromatic N) is 2. The third-order valence-electron chi connectivity index (χ3n) is 5.01. The summed E-state index contributed by atoms with van der Waals surface area (Å²) in [4.78, 5) is 43.7. The first-order chi connectivity index (χ1) is 14.8. The van der Waals surface area contributed by atoms with Gasteiger partial charge in [0, 0.05) is 36.1 Å². The van der Waals surface area contributed by atoms with Gasteiger partial charge in [0.2, 0.25) is 5.91 Å². The molecule has 8 nitrogen and oxygen atoms in total. The molecule has 0 bridgehead atoms. The Hall–Kier alpha value is -3.42. The fraction of sp³-hybridized carbons (Fsp3) is 0.391. The van der Waals surface area contributed by atoms with E-state index in [9.17, 15) is 14.4 Å². The number of urea groups is 1. The Morgan fingerprint density at radius 1 is 1.10 bits per heavy atom. The number of amides is 4. The number of anilines is 2. The van der Waals surface area contributed by atoms with Gasteiger partial charge >= 0.3 is 6.03 Å². The number of hydrogen-bond acceptors (Lipinski definition) is 4. The van der Waals surface area contributed by atoms with Crippen molar-refractivity contribution in [1.29, 1.82) is 0 Å². The van der Waals surface area contributed by atoms with Crippen molar-refractivity contribution < 1.29 is 14.4 Å². The van der Waals surface area contributed by atoms with Crippen molar-refractivity contribution in [3.63, 3.8) is 0 Å². The fourth-order valence-electron chi connectivity index (χ4n) is 3.56. The van der Waals surface area contributed by atoms with Crippen molar-refractivity contribution >= 4 is 29.4 Å². The Balaban J connectivity index is 1.63. The Labute approximate surface area is 182 Å². The van der Waals surface area contributed by atoms with Crippen LogP contribution in [0.25, 0.3) is 0 Å². The molecule has 164 valence electrons. The van der Waals surface area contributed by atoms with Crippen molar-refractivity contribution in [1.82, 2.24) is 15.2 Å². The zero-order valence-electron chi connectivity index (χ0n) is 18.1. The van der Waals surface area contributed by atoms with E-state index in [1.807, 2.05) is 32.9 Å². The van der Waals surface area contributed by atoms with Gasteiger partial charge in [0.15, 0.2) is 0 Å². The molecule has 31 heavy (non-hydrogen) atoms. The van der Waals surface area contributed by atoms with E-state index in [4.69, 9.17) is 0 Å². The molecule has 0 spiro atoms. The van der Waals surface area contributed by atoms with Crippen LogP contribution in [0.3, 0.4) is 0 Å². The molecule has 1 aromatic carbocycles. The molecule has 4 amide bonds. The Kier molecular flexibility index (Phi) is 7.23. The van der Waals surface area contributed by atoms with E-state index in [1.165, 1.54) is 0 Å². The SMILES string of the molecule is Cc1cccc(NC(=O)C2CCCN(C(=O)c3cccc(NC(=O)NC(C)C)c3)C2)n1. The highest BCUT2D eigenvalue weighted by Crippen LogP contribution is 2.21. The van der Waals surface area contributed by atoms with Crippen LogP contribution in [0.15, 0.2) is 42.5 Å². The average molecular weight is 424 g/mol. The molecule has 1 aromatic heterocycles. The van der Waals surface area contributed by atoms with Crippen LogP contribution in [0.1, 0.15) is 42.7 Å². The highest BCUT2D eigenvalue weighted by Gasteiger charge is 2.29. The molecular weight excluding hydrogens is 394 g/mol. The van der Waals surface area contributed by atoms with Gasteiger partial charge in [-0.1, -0.05) is 12.1 Å². The summed E-state index contributed by atoms with van der Waals surface area (Å²) in [5.41, 5.74) is 1.85. The van der Waals surface area contributed by atoms with Crippen molar-refractivity contribution in [2.45, 2.75) is 39.7 Å². The molecule has 2 heterocycles. The molecule has 1 atom stereocenters. The number of likely N-dealkylation sites (tertiary alicyclic amines) is 1. The largest absolute Gasteiger partial charge is 0.338 e. The van der Waals surface area contributed by atoms with Crippen molar-refractivity contribution in [2.75, 3.05) is 23.7 Å². The van der Waals surface area contributed by atoms with Gasteiger partial charge in [-0.05, 0) is 63.9 Å². The molecule has 0 radical (unpaired) electrons. The fourth-order valence-corrected chi connectivity index (χ4v) is 3.56. The number of hydrogen-bond donors (Lipinski definition) is 3. The van der Waals surface area contributed by atoms with Gasteiger partial charge in [0.25, 0.3) is 5.91 Å². The number of aromatic nitrogens is 1. The average Bonchev–Trinajstić information content (AvgIpc) is 2.73. The number of aryl methyl sites for hydroxylation is 1. The van der Waals surface area contributed by atoms with Gasteiger partial charge < -0.3 is 20.9 Å². The second kappa shape index (κ2) is 10.1. The first kappa shape index (κ1) is 22.3. The minimum atomic E-state index is -0.320. The van der Waals surface area contributed by atoms with Gasteiger partial charge in [0.05, 0.1) is 5.92 Å². The number of carbonyl (C=O) groups is 3. The third kappa shape index (κ3) is 6.28. The maximum Gasteiger partial charge on any atom is 0.319 e. The lowest BCUT2D eigenvalue weighted by atomic mass is 9.96. The van der Waals surface area contributed by atoms with E-state index in [0.717, 1.165) is 18.5 Å². The van der Waals surface area contributed by atoms with Gasteiger partial charge in [-0.25, -0.2) is 9.78 Å². The monoisotopic (exact) mass is 423 g/mol. The van der Waals surface area contributed by atoms with Crippen LogP contribution in [0.2, 0.25) is 0 Å². The Morgan fingerprint density at radius 3 is 2.61 bits per heavy atom. The molecule has 3 rings (SSSR count). The van der Waals surface area contributed by atoms with Gasteiger partial charge in [-0.15, -0.1) is 0 Å². The summed E-state index contributed by atoms with van der Waals surface area (Å²) in [6.45, 7) is 6.56. The first-order valence-corrected chi connectivity index (χ1v) is 10.5. The third-order valence-corrected chi connectivity index (χ3v) is 5.01. The van der Waals surface area contributed by atoms with Crippen molar-refractivity contribution in [3.8, 4) is 0 Å². The number of pyridine rings is 1. The summed E-state index contributed by atoms with van der Waals surface area (Å²) < 4.78 is 0. The predicted octanol–water partition coefficient (Wildman–Crippen LogP) is 3.41. The van der Waals surface area contributed by atoms with Crippen LogP contribution in [-0.4, -0.2) is 46.9 Å². The number of carbonyl (C=O) groups excluding carboxylic acids is 3. The second-order valence-corrected chi connectivity index (χ2v) is 8.08. The first-order valence-electron chi connectivity index (χ1n) is 10.5. The normalized spacial score (nSPS) is 16.0. The maximum absolute atomic E-state index is 13.0. The van der Waals surface area contributed by atoms with Gasteiger partial charge in [0.1, 0.15) is 5.82 Å². The van der Waals surface area contributed by atoms with Crippen LogP contribution >= 0.6 is 0 Å². The lowest BCUT2D eigenvalue weighted by Crippen LogP contribution is -2.43. The summed E-state index contributed by atoms with van der Waals surface area (Å²) in [7, 11) is 0. The standard InChI is InChI=1S/C23H29N5O3/c1-15(2)24-23(31)26-19-10-5-8-17(13-19)22(30)28-12-6-9-18(14-28)21(29)27-20-11-4-7-16(3)25-20/h4-5,7-8,10-11,13,15,18H,6,9,12,14H2,1-3H3,(H2,24,26,31)(H,25,27,29). The molecule has 0 saturated carbocycles. The van der Waals surface area contributed by atoms with Gasteiger partial charge in [-0.3, -0.25) is 9.59 Å². The summed E-state index contributed by atoms with van der Waals surface area (Å²) >= 11 is 0. The molecule has 1 unspecified atom stereocenters. The minimum absolute atomic E-state index is 0.0104. The van der Waals surface area contributed by atoms with Crippen LogP contribution in [0, 0.1) is 12.8 Å². The molecule has 1 saturated heterocycles. The highest BCUT2D eigenvalue weighted by atomic mass is 16.2. The van der Waals surface area contributed by atoms with Crippen LogP contribution in [-0.2, 0) is 4.79 Å². The van der Waals surface area contributed by atoms with E-state index in [1.54, 1.807) is 35.2 Å². The zero-order valence-corrected chi connectivity index (χ0v) is 18.1. The molecule has 3 N–H and O–H groups in total. The van der Waals surface area contributed by atoms with Crippen molar-refractivity contribution in [3.05, 3.63) is 53.7 Å². The zero-order chi connectivity index (χ0) is 22.4. The van der Waals surface area contributed by atoms with Crippen molar-refractivity contribution in [2.24, 2.45) is 5.92 Å². The highest BCUT2D eigenvalue weighted by molar-refractivity contribution is 5.98. The number of rotatable bonds is 5. The van der Waals surface area contributed by atoms with Crippen LogP contribution in [0.5, 0.6) is 0 Å². The molecule has 1 aliphatic rings. The lowest BCUT2D eigenvalue weighted by Gasteiger charge is -2.32. The maximum atomic E-state index is 13.0. The lowest BCUT2D eigenvalue weighted by molar-refractivity contribution is -0.121. The van der Waals surface area contributed by atoms with E-state index in [2.05, 4.69) is 20.9 Å². The molecule has 1 aliphatic heterocycles.